The molecule has 0 atom stereocenters. The highest BCUT2D eigenvalue weighted by Gasteiger charge is 2.23. The van der Waals surface area contributed by atoms with Crippen molar-refractivity contribution in [1.29, 1.82) is 0 Å². The number of hydrogen-bond donors (Lipinski definition) is 2. The lowest BCUT2D eigenvalue weighted by Gasteiger charge is -2.18. The Kier molecular flexibility index (Phi) is 5.10. The van der Waals surface area contributed by atoms with E-state index in [1.165, 1.54) is 6.07 Å². The second-order valence-corrected chi connectivity index (χ2v) is 7.59. The lowest BCUT2D eigenvalue weighted by molar-refractivity contribution is -0.385. The van der Waals surface area contributed by atoms with Gasteiger partial charge in [-0.25, -0.2) is 8.42 Å². The molecule has 136 valence electrons. The summed E-state index contributed by atoms with van der Waals surface area (Å²) in [6.07, 6.45) is 0.903. The third-order valence-electron chi connectivity index (χ3n) is 3.74. The molecule has 10 heteroatoms. The van der Waals surface area contributed by atoms with Gasteiger partial charge in [-0.2, -0.15) is 0 Å². The van der Waals surface area contributed by atoms with Crippen molar-refractivity contribution in [3.63, 3.8) is 0 Å². The fourth-order valence-corrected chi connectivity index (χ4v) is 4.10. The van der Waals surface area contributed by atoms with Crippen LogP contribution in [0.4, 0.5) is 11.4 Å². The Bertz CT molecular complexity index is 991. The van der Waals surface area contributed by atoms with E-state index in [0.29, 0.717) is 23.6 Å². The third kappa shape index (κ3) is 3.78. The molecule has 3 rings (SSSR count). The molecule has 0 saturated carbocycles. The molecule has 0 aliphatic carbocycles. The first-order chi connectivity index (χ1) is 12.4. The summed E-state index contributed by atoms with van der Waals surface area (Å²) in [6.45, 7) is 1.40. The Morgan fingerprint density at radius 1 is 1.23 bits per heavy atom. The molecule has 2 aromatic carbocycles. The number of nitrogens with zero attached hydrogens (tertiary/aromatic N) is 2. The molecule has 0 bridgehead atoms. The monoisotopic (exact) mass is 394 g/mol. The number of non-ortho nitro benzene ring substituents is 1. The van der Waals surface area contributed by atoms with Crippen molar-refractivity contribution in [2.75, 3.05) is 17.8 Å². The fourth-order valence-electron chi connectivity index (χ4n) is 2.50. The Hall–Kier alpha value is -2.65. The van der Waals surface area contributed by atoms with Gasteiger partial charge in [0.25, 0.3) is 15.7 Å². The number of anilines is 1. The zero-order valence-corrected chi connectivity index (χ0v) is 15.0. The van der Waals surface area contributed by atoms with Crippen LogP contribution < -0.4 is 10.0 Å². The summed E-state index contributed by atoms with van der Waals surface area (Å²) in [7, 11) is -4.13. The maximum absolute atomic E-state index is 12.8. The second kappa shape index (κ2) is 7.30. The highest BCUT2D eigenvalue weighted by Crippen LogP contribution is 2.29. The van der Waals surface area contributed by atoms with E-state index in [9.17, 15) is 18.5 Å². The maximum Gasteiger partial charge on any atom is 0.270 e. The van der Waals surface area contributed by atoms with E-state index in [1.807, 2.05) is 0 Å². The molecule has 2 N–H and O–H groups in total. The smallest absolute Gasteiger partial charge is 0.270 e. The van der Waals surface area contributed by atoms with E-state index in [0.717, 1.165) is 25.1 Å². The van der Waals surface area contributed by atoms with Crippen LogP contribution >= 0.6 is 11.6 Å². The Morgan fingerprint density at radius 3 is 2.69 bits per heavy atom. The summed E-state index contributed by atoms with van der Waals surface area (Å²) in [6, 6.07) is 10.1. The zero-order chi connectivity index (χ0) is 18.7. The number of nitrogens with one attached hydrogen (secondary N) is 2. The lowest BCUT2D eigenvalue weighted by Crippen LogP contribution is -2.31. The van der Waals surface area contributed by atoms with Crippen LogP contribution in [-0.4, -0.2) is 32.3 Å². The number of nitro benzene ring substituents is 1. The van der Waals surface area contributed by atoms with Crippen LogP contribution in [0.1, 0.15) is 12.0 Å². The number of para-hydroxylation sites is 1. The molecule has 1 heterocycles. The van der Waals surface area contributed by atoms with Crippen LogP contribution in [0.15, 0.2) is 52.4 Å². The molecular weight excluding hydrogens is 380 g/mol. The molecule has 1 aliphatic heterocycles. The van der Waals surface area contributed by atoms with Crippen molar-refractivity contribution in [3.05, 3.63) is 63.2 Å². The van der Waals surface area contributed by atoms with Gasteiger partial charge in [0.15, 0.2) is 0 Å². The van der Waals surface area contributed by atoms with Gasteiger partial charge in [0.05, 0.1) is 15.6 Å². The molecule has 0 fully saturated rings. The number of amidine groups is 1. The molecule has 8 nitrogen and oxygen atoms in total. The van der Waals surface area contributed by atoms with E-state index in [1.54, 1.807) is 24.3 Å². The lowest BCUT2D eigenvalue weighted by atomic mass is 10.1. The number of benzene rings is 2. The van der Waals surface area contributed by atoms with Gasteiger partial charge < -0.3 is 5.32 Å². The van der Waals surface area contributed by atoms with Crippen molar-refractivity contribution < 1.29 is 13.3 Å². The van der Waals surface area contributed by atoms with Gasteiger partial charge in [0, 0.05) is 30.8 Å². The molecule has 2 aromatic rings. The standard InChI is InChI=1S/C16H15ClN4O4S/c17-13-7-6-11(21(22)23)10-15(13)26(24,25)20-14-5-2-1-4-12(14)16-18-8-3-9-19-16/h1-2,4-7,10,20H,3,8-9H2,(H,18,19). The van der Waals surface area contributed by atoms with Gasteiger partial charge >= 0.3 is 0 Å². The summed E-state index contributed by atoms with van der Waals surface area (Å²) >= 11 is 5.96. The van der Waals surface area contributed by atoms with Crippen molar-refractivity contribution in [3.8, 4) is 0 Å². The zero-order valence-electron chi connectivity index (χ0n) is 13.5. The van der Waals surface area contributed by atoms with E-state index in [-0.39, 0.29) is 15.6 Å². The molecule has 0 aromatic heterocycles. The first kappa shape index (κ1) is 18.2. The van der Waals surface area contributed by atoms with Crippen LogP contribution in [-0.2, 0) is 10.0 Å². The maximum atomic E-state index is 12.8. The number of hydrogen-bond acceptors (Lipinski definition) is 6. The molecule has 0 amide bonds. The van der Waals surface area contributed by atoms with Crippen molar-refractivity contribution in [1.82, 2.24) is 5.32 Å². The molecule has 0 spiro atoms. The van der Waals surface area contributed by atoms with Gasteiger partial charge in [0.1, 0.15) is 10.7 Å². The summed E-state index contributed by atoms with van der Waals surface area (Å²) in [5, 5.41) is 14.0. The predicted molar refractivity (Wildman–Crippen MR) is 99.4 cm³/mol. The highest BCUT2D eigenvalue weighted by atomic mass is 35.5. The van der Waals surface area contributed by atoms with Crippen molar-refractivity contribution >= 4 is 38.8 Å². The first-order valence-electron chi connectivity index (χ1n) is 7.73. The Balaban J connectivity index is 2.00. The van der Waals surface area contributed by atoms with E-state index >= 15 is 0 Å². The van der Waals surface area contributed by atoms with Crippen LogP contribution in [0.25, 0.3) is 0 Å². The minimum Gasteiger partial charge on any atom is -0.370 e. The molecular formula is C16H15ClN4O4S. The number of halogens is 1. The summed E-state index contributed by atoms with van der Waals surface area (Å²) in [5.74, 6) is 0.597. The van der Waals surface area contributed by atoms with Crippen molar-refractivity contribution in [2.24, 2.45) is 4.99 Å². The number of nitro groups is 1. The Morgan fingerprint density at radius 2 is 2.00 bits per heavy atom. The predicted octanol–water partition coefficient (Wildman–Crippen LogP) is 2.79. The average Bonchev–Trinajstić information content (AvgIpc) is 2.62. The third-order valence-corrected chi connectivity index (χ3v) is 5.59. The summed E-state index contributed by atoms with van der Waals surface area (Å²) in [5.41, 5.74) is 0.543. The van der Waals surface area contributed by atoms with Gasteiger partial charge in [0.2, 0.25) is 0 Å². The van der Waals surface area contributed by atoms with Crippen LogP contribution in [0.2, 0.25) is 5.02 Å². The largest absolute Gasteiger partial charge is 0.370 e. The molecule has 0 unspecified atom stereocenters. The SMILES string of the molecule is O=[N+]([O-])c1ccc(Cl)c(S(=O)(=O)Nc2ccccc2C2=NCCCN2)c1. The van der Waals surface area contributed by atoms with E-state index < -0.39 is 14.9 Å². The molecule has 1 aliphatic rings. The quantitative estimate of drug-likeness (QED) is 0.597. The molecule has 0 radical (unpaired) electrons. The van der Waals surface area contributed by atoms with Crippen LogP contribution in [0.5, 0.6) is 0 Å². The summed E-state index contributed by atoms with van der Waals surface area (Å²) in [4.78, 5) is 14.3. The van der Waals surface area contributed by atoms with Gasteiger partial charge in [-0.1, -0.05) is 23.7 Å². The number of sulfonamides is 1. The molecule has 26 heavy (non-hydrogen) atoms. The average molecular weight is 395 g/mol. The normalized spacial score (nSPS) is 14.3. The van der Waals surface area contributed by atoms with E-state index in [2.05, 4.69) is 15.0 Å². The first-order valence-corrected chi connectivity index (χ1v) is 9.59. The molecule has 0 saturated heterocycles. The highest BCUT2D eigenvalue weighted by molar-refractivity contribution is 7.92. The van der Waals surface area contributed by atoms with Crippen LogP contribution in [0.3, 0.4) is 0 Å². The Labute approximate surface area is 155 Å². The van der Waals surface area contributed by atoms with Gasteiger partial charge in [-0.05, 0) is 24.6 Å². The second-order valence-electron chi connectivity index (χ2n) is 5.53. The fraction of sp³-hybridized carbons (Fsp3) is 0.188. The minimum atomic E-state index is -4.13. The number of aliphatic imine (C=N–C) groups is 1. The minimum absolute atomic E-state index is 0.103. The van der Waals surface area contributed by atoms with Gasteiger partial charge in [-0.3, -0.25) is 19.8 Å². The topological polar surface area (TPSA) is 114 Å². The van der Waals surface area contributed by atoms with Crippen LogP contribution in [0, 0.1) is 10.1 Å². The number of rotatable bonds is 5. The van der Waals surface area contributed by atoms with E-state index in [4.69, 9.17) is 11.6 Å². The summed E-state index contributed by atoms with van der Waals surface area (Å²) < 4.78 is 28.0. The van der Waals surface area contributed by atoms with Crippen molar-refractivity contribution in [2.45, 2.75) is 11.3 Å². The van der Waals surface area contributed by atoms with Gasteiger partial charge in [-0.15, -0.1) is 0 Å².